The quantitative estimate of drug-likeness (QED) is 0.765. The molecule has 7 heteroatoms. The Morgan fingerprint density at radius 1 is 1.61 bits per heavy atom. The lowest BCUT2D eigenvalue weighted by Crippen LogP contribution is -2.35. The number of hydrogen-bond donors (Lipinski definition) is 0. The maximum absolute atomic E-state index is 12.5. The van der Waals surface area contributed by atoms with Crippen LogP contribution in [0.25, 0.3) is 0 Å². The fourth-order valence-corrected chi connectivity index (χ4v) is 5.59. The molecule has 1 atom stereocenters. The molecule has 2 rings (SSSR count). The smallest absolute Gasteiger partial charge is 0.249 e. The molecule has 0 amide bonds. The van der Waals surface area contributed by atoms with Crippen LogP contribution in [0.3, 0.4) is 0 Å². The van der Waals surface area contributed by atoms with Crippen molar-refractivity contribution in [2.24, 2.45) is 0 Å². The van der Waals surface area contributed by atoms with Crippen LogP contribution in [0.1, 0.15) is 30.7 Å². The third-order valence-corrected chi connectivity index (χ3v) is 7.02. The summed E-state index contributed by atoms with van der Waals surface area (Å²) in [6, 6.07) is 0.162. The second kappa shape index (κ2) is 5.98. The van der Waals surface area contributed by atoms with Crippen molar-refractivity contribution >= 4 is 37.3 Å². The summed E-state index contributed by atoms with van der Waals surface area (Å²) in [4.78, 5) is 4.05. The van der Waals surface area contributed by atoms with Gasteiger partial charge in [0.1, 0.15) is 0 Å². The second-order valence-electron chi connectivity index (χ2n) is 4.44. The molecule has 1 saturated heterocycles. The van der Waals surface area contributed by atoms with Gasteiger partial charge in [0.25, 0.3) is 10.0 Å². The Hall–Kier alpha value is 0.0200. The van der Waals surface area contributed by atoms with Gasteiger partial charge in [-0.1, -0.05) is 15.9 Å². The minimum Gasteiger partial charge on any atom is -0.249 e. The van der Waals surface area contributed by atoms with Gasteiger partial charge < -0.3 is 0 Å². The largest absolute Gasteiger partial charge is 0.254 e. The molecule has 0 bridgehead atoms. The lowest BCUT2D eigenvalue weighted by Gasteiger charge is -2.22. The van der Waals surface area contributed by atoms with Crippen molar-refractivity contribution < 1.29 is 8.42 Å². The molecule has 0 spiro atoms. The summed E-state index contributed by atoms with van der Waals surface area (Å²) in [6.07, 6.45) is 5.36. The standard InChI is InChI=1S/C11H17BrN2O2S2/c1-9-13-8-11(17-9)18(15,16)14-7-3-5-10(14)4-2-6-12/h8,10H,2-7H2,1H3. The van der Waals surface area contributed by atoms with Crippen LogP contribution in [0.5, 0.6) is 0 Å². The fraction of sp³-hybridized carbons (Fsp3) is 0.727. The molecule has 0 N–H and O–H groups in total. The molecule has 1 aromatic heterocycles. The van der Waals surface area contributed by atoms with Gasteiger partial charge in [-0.25, -0.2) is 13.4 Å². The molecule has 4 nitrogen and oxygen atoms in total. The first-order valence-electron chi connectivity index (χ1n) is 6.06. The molecule has 18 heavy (non-hydrogen) atoms. The lowest BCUT2D eigenvalue weighted by molar-refractivity contribution is 0.370. The van der Waals surface area contributed by atoms with Gasteiger partial charge >= 0.3 is 0 Å². The summed E-state index contributed by atoms with van der Waals surface area (Å²) in [7, 11) is -3.32. The van der Waals surface area contributed by atoms with E-state index in [4.69, 9.17) is 0 Å². The van der Waals surface area contributed by atoms with E-state index in [0.29, 0.717) is 10.8 Å². The second-order valence-corrected chi connectivity index (χ2v) is 8.59. The van der Waals surface area contributed by atoms with Crippen molar-refractivity contribution in [1.29, 1.82) is 0 Å². The molecule has 1 aliphatic heterocycles. The van der Waals surface area contributed by atoms with Crippen LogP contribution in [-0.2, 0) is 10.0 Å². The highest BCUT2D eigenvalue weighted by atomic mass is 79.9. The Balaban J connectivity index is 2.18. The Bertz CT molecular complexity index is 501. The molecule has 0 aliphatic carbocycles. The molecule has 0 aromatic carbocycles. The van der Waals surface area contributed by atoms with Gasteiger partial charge in [0.15, 0.2) is 4.21 Å². The van der Waals surface area contributed by atoms with Crippen LogP contribution in [0.2, 0.25) is 0 Å². The van der Waals surface area contributed by atoms with Crippen molar-refractivity contribution in [3.05, 3.63) is 11.2 Å². The topological polar surface area (TPSA) is 50.3 Å². The van der Waals surface area contributed by atoms with Crippen molar-refractivity contribution in [3.63, 3.8) is 0 Å². The molecular formula is C11H17BrN2O2S2. The van der Waals surface area contributed by atoms with Gasteiger partial charge in [-0.3, -0.25) is 0 Å². The van der Waals surface area contributed by atoms with Gasteiger partial charge in [-0.05, 0) is 32.6 Å². The van der Waals surface area contributed by atoms with E-state index in [0.717, 1.165) is 36.0 Å². The first kappa shape index (κ1) is 14.4. The molecule has 0 radical (unpaired) electrons. The number of alkyl halides is 1. The highest BCUT2D eigenvalue weighted by molar-refractivity contribution is 9.09. The third-order valence-electron chi connectivity index (χ3n) is 3.16. The van der Waals surface area contributed by atoms with E-state index >= 15 is 0 Å². The lowest BCUT2D eigenvalue weighted by atomic mass is 10.1. The summed E-state index contributed by atoms with van der Waals surface area (Å²) < 4.78 is 27.1. The highest BCUT2D eigenvalue weighted by Crippen LogP contribution is 2.30. The first-order chi connectivity index (χ1) is 8.55. The number of thiazole rings is 1. The van der Waals surface area contributed by atoms with Crippen molar-refractivity contribution in [2.45, 2.75) is 42.9 Å². The van der Waals surface area contributed by atoms with E-state index in [1.165, 1.54) is 17.5 Å². The molecule has 1 fully saturated rings. The van der Waals surface area contributed by atoms with Crippen LogP contribution in [0.4, 0.5) is 0 Å². The maximum atomic E-state index is 12.5. The number of halogens is 1. The van der Waals surface area contributed by atoms with Crippen LogP contribution in [-0.4, -0.2) is 35.6 Å². The minimum atomic E-state index is -3.32. The van der Waals surface area contributed by atoms with Crippen LogP contribution >= 0.6 is 27.3 Å². The number of aromatic nitrogens is 1. The van der Waals surface area contributed by atoms with Crippen LogP contribution < -0.4 is 0 Å². The van der Waals surface area contributed by atoms with Gasteiger partial charge in [-0.15, -0.1) is 11.3 Å². The third kappa shape index (κ3) is 2.95. The zero-order valence-electron chi connectivity index (χ0n) is 10.3. The maximum Gasteiger partial charge on any atom is 0.254 e. The molecular weight excluding hydrogens is 336 g/mol. The van der Waals surface area contributed by atoms with Crippen molar-refractivity contribution in [3.8, 4) is 0 Å². The van der Waals surface area contributed by atoms with Crippen LogP contribution in [0.15, 0.2) is 10.4 Å². The van der Waals surface area contributed by atoms with E-state index in [-0.39, 0.29) is 6.04 Å². The van der Waals surface area contributed by atoms with E-state index < -0.39 is 10.0 Å². The monoisotopic (exact) mass is 352 g/mol. The summed E-state index contributed by atoms with van der Waals surface area (Å²) in [5, 5.41) is 1.72. The van der Waals surface area contributed by atoms with E-state index in [1.54, 1.807) is 4.31 Å². The summed E-state index contributed by atoms with van der Waals surface area (Å²) in [5.74, 6) is 0. The number of sulfonamides is 1. The predicted octanol–water partition coefficient (Wildman–Crippen LogP) is 2.78. The SMILES string of the molecule is Cc1ncc(S(=O)(=O)N2CCCC2CCCBr)s1. The predicted molar refractivity (Wildman–Crippen MR) is 76.8 cm³/mol. The van der Waals surface area contributed by atoms with Crippen molar-refractivity contribution in [1.82, 2.24) is 9.29 Å². The molecule has 2 heterocycles. The fourth-order valence-electron chi connectivity index (χ4n) is 2.30. The zero-order chi connectivity index (χ0) is 13.2. The Morgan fingerprint density at radius 3 is 3.00 bits per heavy atom. The molecule has 1 aliphatic rings. The molecule has 0 saturated carbocycles. The number of rotatable bonds is 5. The van der Waals surface area contributed by atoms with Gasteiger partial charge in [0.2, 0.25) is 0 Å². The highest BCUT2D eigenvalue weighted by Gasteiger charge is 2.35. The van der Waals surface area contributed by atoms with E-state index in [2.05, 4.69) is 20.9 Å². The van der Waals surface area contributed by atoms with Gasteiger partial charge in [0.05, 0.1) is 11.2 Å². The normalized spacial score (nSPS) is 21.6. The van der Waals surface area contributed by atoms with E-state index in [1.807, 2.05) is 6.92 Å². The molecule has 1 unspecified atom stereocenters. The average Bonchev–Trinajstić information content (AvgIpc) is 2.95. The Morgan fingerprint density at radius 2 is 2.39 bits per heavy atom. The summed E-state index contributed by atoms with van der Waals surface area (Å²) in [6.45, 7) is 2.47. The summed E-state index contributed by atoms with van der Waals surface area (Å²) in [5.41, 5.74) is 0. The zero-order valence-corrected chi connectivity index (χ0v) is 13.5. The Labute approximate surface area is 121 Å². The minimum absolute atomic E-state index is 0.162. The number of aryl methyl sites for hydroxylation is 1. The Kier molecular flexibility index (Phi) is 4.80. The van der Waals surface area contributed by atoms with E-state index in [9.17, 15) is 8.42 Å². The summed E-state index contributed by atoms with van der Waals surface area (Å²) >= 11 is 4.66. The number of hydrogen-bond acceptors (Lipinski definition) is 4. The number of nitrogens with zero attached hydrogens (tertiary/aromatic N) is 2. The first-order valence-corrected chi connectivity index (χ1v) is 9.43. The van der Waals surface area contributed by atoms with Gasteiger partial charge in [0, 0.05) is 17.9 Å². The van der Waals surface area contributed by atoms with Crippen molar-refractivity contribution in [2.75, 3.05) is 11.9 Å². The van der Waals surface area contributed by atoms with Gasteiger partial charge in [-0.2, -0.15) is 4.31 Å². The van der Waals surface area contributed by atoms with Crippen LogP contribution in [0, 0.1) is 6.92 Å². The molecule has 102 valence electrons. The molecule has 1 aromatic rings. The average molecular weight is 353 g/mol.